The Labute approximate surface area is 139 Å². The van der Waals surface area contributed by atoms with E-state index >= 15 is 0 Å². The first kappa shape index (κ1) is 15.7. The van der Waals surface area contributed by atoms with Crippen molar-refractivity contribution >= 4 is 6.03 Å². The van der Waals surface area contributed by atoms with E-state index in [9.17, 15) is 4.79 Å². The smallest absolute Gasteiger partial charge is 0.315 e. The molecule has 2 heterocycles. The van der Waals surface area contributed by atoms with Gasteiger partial charge in [-0.3, -0.25) is 0 Å². The van der Waals surface area contributed by atoms with Crippen molar-refractivity contribution in [3.63, 3.8) is 0 Å². The van der Waals surface area contributed by atoms with Crippen LogP contribution in [0.25, 0.3) is 5.82 Å². The van der Waals surface area contributed by atoms with Crippen LogP contribution in [0.1, 0.15) is 16.7 Å². The molecule has 0 atom stereocenters. The van der Waals surface area contributed by atoms with Crippen molar-refractivity contribution in [3.05, 3.63) is 71.9 Å². The Morgan fingerprint density at radius 3 is 2.58 bits per heavy atom. The van der Waals surface area contributed by atoms with Crippen molar-refractivity contribution in [1.29, 1.82) is 0 Å². The van der Waals surface area contributed by atoms with Crippen LogP contribution in [0.2, 0.25) is 0 Å². The maximum atomic E-state index is 12.0. The molecule has 2 amide bonds. The van der Waals surface area contributed by atoms with Crippen LogP contribution < -0.4 is 10.6 Å². The number of nitrogens with one attached hydrogen (secondary N) is 2. The molecule has 0 bridgehead atoms. The van der Waals surface area contributed by atoms with Crippen LogP contribution in [0.5, 0.6) is 0 Å². The molecule has 0 saturated heterocycles. The van der Waals surface area contributed by atoms with E-state index < -0.39 is 0 Å². The van der Waals surface area contributed by atoms with Gasteiger partial charge in [0.2, 0.25) is 0 Å². The predicted molar refractivity (Wildman–Crippen MR) is 89.4 cm³/mol. The third-order valence-electron chi connectivity index (χ3n) is 3.64. The number of rotatable bonds is 5. The highest BCUT2D eigenvalue weighted by molar-refractivity contribution is 5.74. The van der Waals surface area contributed by atoms with Gasteiger partial charge in [0.25, 0.3) is 0 Å². The highest BCUT2D eigenvalue weighted by Crippen LogP contribution is 2.09. The number of aryl methyl sites for hydroxylation is 1. The van der Waals surface area contributed by atoms with Gasteiger partial charge < -0.3 is 10.6 Å². The molecule has 2 aromatic heterocycles. The fraction of sp³-hybridized carbons (Fsp3) is 0.176. The van der Waals surface area contributed by atoms with E-state index in [1.807, 2.05) is 43.3 Å². The van der Waals surface area contributed by atoms with E-state index in [4.69, 9.17) is 0 Å². The van der Waals surface area contributed by atoms with Gasteiger partial charge in [0.05, 0.1) is 0 Å². The molecule has 0 aliphatic heterocycles. The molecule has 2 N–H and O–H groups in total. The minimum atomic E-state index is -0.230. The predicted octanol–water partition coefficient (Wildman–Crippen LogP) is 1.97. The quantitative estimate of drug-likeness (QED) is 0.752. The summed E-state index contributed by atoms with van der Waals surface area (Å²) in [4.78, 5) is 20.2. The first-order chi connectivity index (χ1) is 11.7. The molecule has 7 heteroatoms. The van der Waals surface area contributed by atoms with Crippen LogP contribution in [0, 0.1) is 6.92 Å². The zero-order valence-electron chi connectivity index (χ0n) is 13.3. The molecule has 24 heavy (non-hydrogen) atoms. The summed E-state index contributed by atoms with van der Waals surface area (Å²) in [6, 6.07) is 11.4. The molecule has 0 spiro atoms. The summed E-state index contributed by atoms with van der Waals surface area (Å²) in [6.45, 7) is 2.86. The molecule has 122 valence electrons. The normalized spacial score (nSPS) is 10.4. The van der Waals surface area contributed by atoms with Crippen LogP contribution >= 0.6 is 0 Å². The largest absolute Gasteiger partial charge is 0.334 e. The fourth-order valence-electron chi connectivity index (χ4n) is 2.31. The lowest BCUT2D eigenvalue weighted by molar-refractivity contribution is 0.240. The summed E-state index contributed by atoms with van der Waals surface area (Å²) in [5.74, 6) is 0.647. The Balaban J connectivity index is 1.58. The number of urea groups is 1. The minimum absolute atomic E-state index is 0.230. The van der Waals surface area contributed by atoms with Crippen molar-refractivity contribution in [2.45, 2.75) is 20.0 Å². The van der Waals surface area contributed by atoms with E-state index in [1.165, 1.54) is 6.33 Å². The minimum Gasteiger partial charge on any atom is -0.334 e. The van der Waals surface area contributed by atoms with Crippen molar-refractivity contribution in [2.24, 2.45) is 0 Å². The summed E-state index contributed by atoms with van der Waals surface area (Å²) in [6.07, 6.45) is 4.70. The van der Waals surface area contributed by atoms with Crippen molar-refractivity contribution < 1.29 is 4.79 Å². The summed E-state index contributed by atoms with van der Waals surface area (Å²) in [7, 11) is 0. The van der Waals surface area contributed by atoms with Gasteiger partial charge in [-0.05, 0) is 24.1 Å². The van der Waals surface area contributed by atoms with Gasteiger partial charge in [0.1, 0.15) is 12.7 Å². The maximum Gasteiger partial charge on any atom is 0.315 e. The first-order valence-electron chi connectivity index (χ1n) is 7.59. The molecular weight excluding hydrogens is 304 g/mol. The third-order valence-corrected chi connectivity index (χ3v) is 3.64. The second-order valence-corrected chi connectivity index (χ2v) is 5.29. The van der Waals surface area contributed by atoms with E-state index in [0.29, 0.717) is 18.9 Å². The van der Waals surface area contributed by atoms with Crippen LogP contribution in [-0.4, -0.2) is 25.8 Å². The Morgan fingerprint density at radius 2 is 1.83 bits per heavy atom. The van der Waals surface area contributed by atoms with Crippen LogP contribution in [0.15, 0.2) is 55.2 Å². The maximum absolute atomic E-state index is 12.0. The summed E-state index contributed by atoms with van der Waals surface area (Å²) >= 11 is 0. The first-order valence-corrected chi connectivity index (χ1v) is 7.59. The third kappa shape index (κ3) is 3.75. The Bertz CT molecular complexity index is 815. The Kier molecular flexibility index (Phi) is 4.81. The molecule has 3 rings (SSSR count). The van der Waals surface area contributed by atoms with Crippen molar-refractivity contribution in [1.82, 2.24) is 30.4 Å². The van der Waals surface area contributed by atoms with Gasteiger partial charge in [-0.1, -0.05) is 30.3 Å². The molecule has 0 aliphatic carbocycles. The molecule has 0 unspecified atom stereocenters. The lowest BCUT2D eigenvalue weighted by Gasteiger charge is -2.11. The highest BCUT2D eigenvalue weighted by Gasteiger charge is 2.08. The molecular formula is C17H18N6O. The average Bonchev–Trinajstić information content (AvgIpc) is 3.14. The number of carbonyl (C=O) groups excluding carboxylic acids is 1. The van der Waals surface area contributed by atoms with Gasteiger partial charge in [-0.15, -0.1) is 0 Å². The number of amides is 2. The number of hydrogen-bond donors (Lipinski definition) is 2. The van der Waals surface area contributed by atoms with Crippen molar-refractivity contribution in [3.8, 4) is 5.82 Å². The second kappa shape index (κ2) is 7.36. The van der Waals surface area contributed by atoms with E-state index in [0.717, 1.165) is 16.7 Å². The number of benzene rings is 1. The molecule has 3 aromatic rings. The standard InChI is InChI=1S/C17H18N6O/c1-13-5-2-3-6-14(13)9-20-17(24)21-10-15-7-4-8-19-16(15)23-12-18-11-22-23/h2-8,11-12H,9-10H2,1H3,(H2,20,21,24). The van der Waals surface area contributed by atoms with Crippen molar-refractivity contribution in [2.75, 3.05) is 0 Å². The Morgan fingerprint density at radius 1 is 1.08 bits per heavy atom. The van der Waals surface area contributed by atoms with Crippen LogP contribution in [0.3, 0.4) is 0 Å². The van der Waals surface area contributed by atoms with Gasteiger partial charge in [0, 0.05) is 24.8 Å². The van der Waals surface area contributed by atoms with Gasteiger partial charge in [-0.25, -0.2) is 19.4 Å². The summed E-state index contributed by atoms with van der Waals surface area (Å²) < 4.78 is 1.57. The topological polar surface area (TPSA) is 84.7 Å². The average molecular weight is 322 g/mol. The fourth-order valence-corrected chi connectivity index (χ4v) is 2.31. The van der Waals surface area contributed by atoms with Gasteiger partial charge in [0.15, 0.2) is 5.82 Å². The monoisotopic (exact) mass is 322 g/mol. The number of aromatic nitrogens is 4. The van der Waals surface area contributed by atoms with Crippen LogP contribution in [0.4, 0.5) is 4.79 Å². The number of nitrogens with zero attached hydrogens (tertiary/aromatic N) is 4. The lowest BCUT2D eigenvalue weighted by atomic mass is 10.1. The number of pyridine rings is 1. The van der Waals surface area contributed by atoms with E-state index in [-0.39, 0.29) is 6.03 Å². The lowest BCUT2D eigenvalue weighted by Crippen LogP contribution is -2.35. The zero-order valence-corrected chi connectivity index (χ0v) is 13.3. The zero-order chi connectivity index (χ0) is 16.8. The number of hydrogen-bond acceptors (Lipinski definition) is 4. The molecule has 7 nitrogen and oxygen atoms in total. The van der Waals surface area contributed by atoms with E-state index in [1.54, 1.807) is 17.2 Å². The molecule has 0 fully saturated rings. The highest BCUT2D eigenvalue weighted by atomic mass is 16.2. The number of carbonyl (C=O) groups is 1. The second-order valence-electron chi connectivity index (χ2n) is 5.29. The van der Waals surface area contributed by atoms with Crippen LogP contribution in [-0.2, 0) is 13.1 Å². The molecule has 0 radical (unpaired) electrons. The molecule has 0 aliphatic rings. The molecule has 0 saturated carbocycles. The summed E-state index contributed by atoms with van der Waals surface area (Å²) in [5.41, 5.74) is 3.10. The Hall–Kier alpha value is -3.22. The SMILES string of the molecule is Cc1ccccc1CNC(=O)NCc1cccnc1-n1cncn1. The molecule has 1 aromatic carbocycles. The van der Waals surface area contributed by atoms with Gasteiger partial charge >= 0.3 is 6.03 Å². The van der Waals surface area contributed by atoms with Gasteiger partial charge in [-0.2, -0.15) is 5.10 Å². The summed E-state index contributed by atoms with van der Waals surface area (Å²) in [5, 5.41) is 9.77. The van der Waals surface area contributed by atoms with E-state index in [2.05, 4.69) is 25.7 Å².